The van der Waals surface area contributed by atoms with Crippen molar-refractivity contribution >= 4 is 11.7 Å². The number of nitrogens with one attached hydrogen (secondary N) is 1. The molecule has 4 nitrogen and oxygen atoms in total. The summed E-state index contributed by atoms with van der Waals surface area (Å²) in [6.07, 6.45) is 71.0. The van der Waals surface area contributed by atoms with Gasteiger partial charge in [-0.15, -0.1) is 0 Å². The number of hydrogen-bond donors (Lipinski definition) is 2. The zero-order valence-electron chi connectivity index (χ0n) is 44.2. The van der Waals surface area contributed by atoms with Crippen LogP contribution in [0.2, 0.25) is 0 Å². The quantitative estimate of drug-likeness (QED) is 0.0598. The third kappa shape index (κ3) is 53.7. The van der Waals surface area contributed by atoms with E-state index in [0.29, 0.717) is 12.2 Å². The van der Waals surface area contributed by atoms with E-state index in [1.54, 1.807) is 0 Å². The van der Waals surface area contributed by atoms with Crippen LogP contribution in [0.3, 0.4) is 0 Å². The van der Waals surface area contributed by atoms with Gasteiger partial charge in [-0.2, -0.15) is 0 Å². The second-order valence-corrected chi connectivity index (χ2v) is 21.0. The molecule has 0 radical (unpaired) electrons. The summed E-state index contributed by atoms with van der Waals surface area (Å²) >= 11 is 0. The zero-order valence-corrected chi connectivity index (χ0v) is 44.2. The summed E-state index contributed by atoms with van der Waals surface area (Å²) < 4.78 is 0. The summed E-state index contributed by atoms with van der Waals surface area (Å²) in [6.45, 7) is 4.63. The zero-order chi connectivity index (χ0) is 46.3. The van der Waals surface area contributed by atoms with E-state index in [0.717, 1.165) is 51.4 Å². The molecule has 0 aliphatic rings. The minimum absolute atomic E-state index is 0.0583. The number of unbranched alkanes of at least 4 members (excludes halogenated alkanes) is 47. The Labute approximate surface area is 403 Å². The first-order valence-corrected chi connectivity index (χ1v) is 30.1. The average molecular weight is 903 g/mol. The maximum absolute atomic E-state index is 12.4. The van der Waals surface area contributed by atoms with E-state index < -0.39 is 0 Å². The van der Waals surface area contributed by atoms with Gasteiger partial charge in [0.15, 0.2) is 0 Å². The van der Waals surface area contributed by atoms with Gasteiger partial charge in [-0.25, -0.2) is 0 Å². The molecule has 0 aliphatic carbocycles. The molecule has 0 aromatic carbocycles. The number of aliphatic hydroxyl groups is 1. The normalized spacial score (nSPS) is 12.0. The number of amides is 1. The van der Waals surface area contributed by atoms with Crippen LogP contribution in [0.4, 0.5) is 0 Å². The van der Waals surface area contributed by atoms with Crippen molar-refractivity contribution in [2.24, 2.45) is 0 Å². The minimum Gasteiger partial charge on any atom is -0.394 e. The molecule has 0 unspecified atom stereocenters. The summed E-state index contributed by atoms with van der Waals surface area (Å²) in [5, 5.41) is 12.9. The van der Waals surface area contributed by atoms with Crippen molar-refractivity contribution in [1.29, 1.82) is 0 Å². The fourth-order valence-electron chi connectivity index (χ4n) is 9.88. The van der Waals surface area contributed by atoms with E-state index in [4.69, 9.17) is 0 Å². The molecule has 0 spiro atoms. The van der Waals surface area contributed by atoms with E-state index >= 15 is 0 Å². The fraction of sp³-hybridized carbons (Fsp3) is 0.967. The maximum atomic E-state index is 12.4. The molecule has 382 valence electrons. The Bertz CT molecular complexity index is 890. The van der Waals surface area contributed by atoms with Crippen LogP contribution < -0.4 is 5.32 Å². The summed E-state index contributed by atoms with van der Waals surface area (Å²) in [5.41, 5.74) is 0. The molecule has 0 rings (SSSR count). The van der Waals surface area contributed by atoms with Crippen LogP contribution >= 0.6 is 0 Å². The van der Waals surface area contributed by atoms with Crippen LogP contribution in [-0.2, 0) is 9.59 Å². The van der Waals surface area contributed by atoms with Crippen LogP contribution in [-0.4, -0.2) is 29.4 Å². The number of aliphatic hydroxyl groups excluding tert-OH is 1. The molecule has 0 aromatic heterocycles. The molecule has 0 fully saturated rings. The fourth-order valence-corrected chi connectivity index (χ4v) is 9.88. The van der Waals surface area contributed by atoms with Gasteiger partial charge in [-0.05, 0) is 25.7 Å². The van der Waals surface area contributed by atoms with Gasteiger partial charge in [0.1, 0.15) is 5.78 Å². The van der Waals surface area contributed by atoms with Gasteiger partial charge in [-0.3, -0.25) is 9.59 Å². The Hall–Kier alpha value is -0.900. The first kappa shape index (κ1) is 63.1. The Balaban J connectivity index is 3.28. The summed E-state index contributed by atoms with van der Waals surface area (Å²) in [4.78, 5) is 24.6. The first-order chi connectivity index (χ1) is 31.6. The van der Waals surface area contributed by atoms with Gasteiger partial charge in [0, 0.05) is 19.3 Å². The molecule has 0 saturated carbocycles. The third-order valence-electron chi connectivity index (χ3n) is 14.4. The lowest BCUT2D eigenvalue weighted by molar-refractivity contribution is -0.122. The smallest absolute Gasteiger partial charge is 0.220 e. The van der Waals surface area contributed by atoms with Crippen molar-refractivity contribution in [3.63, 3.8) is 0 Å². The second-order valence-electron chi connectivity index (χ2n) is 21.0. The Morgan fingerprint density at radius 1 is 0.297 bits per heavy atom. The lowest BCUT2D eigenvalue weighted by Crippen LogP contribution is -2.37. The van der Waals surface area contributed by atoms with Crippen LogP contribution in [0.1, 0.15) is 361 Å². The molecule has 1 amide bonds. The second kappa shape index (κ2) is 56.4. The van der Waals surface area contributed by atoms with Crippen molar-refractivity contribution in [3.05, 3.63) is 0 Å². The van der Waals surface area contributed by atoms with Crippen molar-refractivity contribution in [3.8, 4) is 0 Å². The lowest BCUT2D eigenvalue weighted by atomic mass is 10.0. The van der Waals surface area contributed by atoms with E-state index in [2.05, 4.69) is 19.2 Å². The molecule has 1 atom stereocenters. The molecule has 0 bridgehead atoms. The molecular weight excluding hydrogens is 783 g/mol. The molecule has 0 aromatic rings. The number of ketones is 1. The highest BCUT2D eigenvalue weighted by Crippen LogP contribution is 2.19. The van der Waals surface area contributed by atoms with Gasteiger partial charge in [0.2, 0.25) is 5.91 Å². The molecule has 4 heteroatoms. The van der Waals surface area contributed by atoms with Crippen molar-refractivity contribution in [1.82, 2.24) is 5.32 Å². The number of Topliss-reactive ketones (excluding diaryl/α,β-unsaturated/α-hetero) is 1. The Morgan fingerprint density at radius 2 is 0.500 bits per heavy atom. The highest BCUT2D eigenvalue weighted by atomic mass is 16.3. The molecule has 64 heavy (non-hydrogen) atoms. The van der Waals surface area contributed by atoms with Crippen LogP contribution in [0.5, 0.6) is 0 Å². The third-order valence-corrected chi connectivity index (χ3v) is 14.4. The minimum atomic E-state index is -0.0583. The summed E-state index contributed by atoms with van der Waals surface area (Å²) in [7, 11) is 0. The highest BCUT2D eigenvalue weighted by molar-refractivity contribution is 5.78. The van der Waals surface area contributed by atoms with Crippen LogP contribution in [0.15, 0.2) is 0 Å². The lowest BCUT2D eigenvalue weighted by Gasteiger charge is -2.16. The molecule has 0 saturated heterocycles. The predicted octanol–water partition coefficient (Wildman–Crippen LogP) is 20.1. The van der Waals surface area contributed by atoms with E-state index in [1.165, 1.54) is 289 Å². The number of carbonyl (C=O) groups excluding carboxylic acids is 2. The maximum Gasteiger partial charge on any atom is 0.220 e. The SMILES string of the molecule is CCCCCCCCCCCCCCCC[C@@H](CO)NC(=O)CCCCCCCCCCCCCCCCCCCCCCCCCCCCCC(=O)CCCCCCCCCCC. The van der Waals surface area contributed by atoms with E-state index in [-0.39, 0.29) is 18.6 Å². The van der Waals surface area contributed by atoms with Gasteiger partial charge in [0.25, 0.3) is 0 Å². The Morgan fingerprint density at radius 3 is 0.734 bits per heavy atom. The molecule has 0 aliphatic heterocycles. The highest BCUT2D eigenvalue weighted by Gasteiger charge is 2.11. The predicted molar refractivity (Wildman–Crippen MR) is 285 cm³/mol. The molecule has 2 N–H and O–H groups in total. The van der Waals surface area contributed by atoms with E-state index in [9.17, 15) is 14.7 Å². The molecule has 0 heterocycles. The van der Waals surface area contributed by atoms with Gasteiger partial charge in [-0.1, -0.05) is 316 Å². The van der Waals surface area contributed by atoms with Crippen molar-refractivity contribution < 1.29 is 14.7 Å². The number of rotatable bonds is 57. The van der Waals surface area contributed by atoms with Gasteiger partial charge >= 0.3 is 0 Å². The molecular formula is C60H119NO3. The average Bonchev–Trinajstić information content (AvgIpc) is 3.30. The van der Waals surface area contributed by atoms with Gasteiger partial charge in [0.05, 0.1) is 12.6 Å². The Kier molecular flexibility index (Phi) is 55.6. The van der Waals surface area contributed by atoms with Gasteiger partial charge < -0.3 is 10.4 Å². The van der Waals surface area contributed by atoms with Crippen LogP contribution in [0, 0.1) is 0 Å². The first-order valence-electron chi connectivity index (χ1n) is 30.1. The summed E-state index contributed by atoms with van der Waals surface area (Å²) in [6, 6.07) is -0.0583. The van der Waals surface area contributed by atoms with Crippen molar-refractivity contribution in [2.45, 2.75) is 367 Å². The standard InChI is InChI=1S/C60H119NO3/c1-3-5-7-9-11-13-14-15-31-34-38-41-45-49-53-58(57-62)61-60(64)56-52-48-44-40-36-33-30-28-26-24-22-20-18-16-17-19-21-23-25-27-29-32-35-39-43-47-51-55-59(63)54-50-46-42-37-12-10-8-6-4-2/h58,62H,3-57H2,1-2H3,(H,61,64)/t58-/m0/s1. The number of carbonyl (C=O) groups is 2. The summed E-state index contributed by atoms with van der Waals surface area (Å²) in [5.74, 6) is 0.653. The number of hydrogen-bond acceptors (Lipinski definition) is 3. The monoisotopic (exact) mass is 902 g/mol. The van der Waals surface area contributed by atoms with Crippen molar-refractivity contribution in [2.75, 3.05) is 6.61 Å². The van der Waals surface area contributed by atoms with Crippen LogP contribution in [0.25, 0.3) is 0 Å². The van der Waals surface area contributed by atoms with E-state index in [1.807, 2.05) is 0 Å². The topological polar surface area (TPSA) is 66.4 Å². The largest absolute Gasteiger partial charge is 0.394 e.